The van der Waals surface area contributed by atoms with Gasteiger partial charge in [0.05, 0.1) is 20.6 Å². The Hall–Kier alpha value is -3.14. The molecule has 0 unspecified atom stereocenters. The molecule has 0 saturated carbocycles. The first kappa shape index (κ1) is 31.4. The molecule has 0 spiro atoms. The highest BCUT2D eigenvalue weighted by atomic mass is 35.5. The average molecular weight is 609 g/mol. The molecular weight excluding hydrogens is 576 g/mol. The number of nitrogens with one attached hydrogen (secondary N) is 1. The van der Waals surface area contributed by atoms with Gasteiger partial charge in [0.2, 0.25) is 11.8 Å². The van der Waals surface area contributed by atoms with Crippen molar-refractivity contribution in [1.82, 2.24) is 10.2 Å². The first-order chi connectivity index (χ1) is 18.9. The normalized spacial score (nSPS) is 12.2. The van der Waals surface area contributed by atoms with E-state index in [1.54, 1.807) is 25.1 Å². The molecule has 0 radical (unpaired) electrons. The van der Waals surface area contributed by atoms with Crippen LogP contribution in [0.25, 0.3) is 0 Å². The number of sulfonamides is 1. The maximum absolute atomic E-state index is 14.0. The van der Waals surface area contributed by atoms with E-state index in [0.29, 0.717) is 12.1 Å². The summed E-state index contributed by atoms with van der Waals surface area (Å²) >= 11 is 12.3. The summed E-state index contributed by atoms with van der Waals surface area (Å²) in [6.45, 7) is 5.42. The predicted octanol–water partition coefficient (Wildman–Crippen LogP) is 5.91. The van der Waals surface area contributed by atoms with E-state index in [1.807, 2.05) is 13.8 Å². The minimum absolute atomic E-state index is 0.0272. The van der Waals surface area contributed by atoms with Gasteiger partial charge in [0.15, 0.2) is 0 Å². The summed E-state index contributed by atoms with van der Waals surface area (Å²) in [4.78, 5) is 28.5. The average Bonchev–Trinajstić information content (AvgIpc) is 2.93. The van der Waals surface area contributed by atoms with Crippen LogP contribution in [0.2, 0.25) is 10.0 Å². The molecule has 11 heteroatoms. The van der Waals surface area contributed by atoms with Crippen LogP contribution < -0.4 is 9.62 Å². The van der Waals surface area contributed by atoms with E-state index in [4.69, 9.17) is 23.2 Å². The van der Waals surface area contributed by atoms with Crippen LogP contribution >= 0.6 is 23.2 Å². The van der Waals surface area contributed by atoms with Gasteiger partial charge in [-0.2, -0.15) is 0 Å². The lowest BCUT2D eigenvalue weighted by atomic mass is 10.1. The lowest BCUT2D eigenvalue weighted by molar-refractivity contribution is -0.140. The third-order valence-electron chi connectivity index (χ3n) is 6.14. The highest BCUT2D eigenvalue weighted by Gasteiger charge is 2.33. The van der Waals surface area contributed by atoms with Crippen LogP contribution in [0.15, 0.2) is 77.7 Å². The van der Waals surface area contributed by atoms with E-state index in [0.717, 1.165) is 4.31 Å². The lowest BCUT2D eigenvalue weighted by Crippen LogP contribution is -2.52. The van der Waals surface area contributed by atoms with Crippen molar-refractivity contribution >= 4 is 50.7 Å². The first-order valence-corrected chi connectivity index (χ1v) is 15.0. The van der Waals surface area contributed by atoms with E-state index in [2.05, 4.69) is 5.32 Å². The van der Waals surface area contributed by atoms with E-state index < -0.39 is 34.3 Å². The van der Waals surface area contributed by atoms with Gasteiger partial charge in [0.25, 0.3) is 10.0 Å². The molecule has 0 fully saturated rings. The fourth-order valence-electron chi connectivity index (χ4n) is 4.02. The van der Waals surface area contributed by atoms with Gasteiger partial charge in [-0.25, -0.2) is 12.8 Å². The largest absolute Gasteiger partial charge is 0.354 e. The molecule has 0 aromatic heterocycles. The molecule has 1 atom stereocenters. The fraction of sp³-hybridized carbons (Fsp3) is 0.310. The van der Waals surface area contributed by atoms with Gasteiger partial charge in [0.1, 0.15) is 18.4 Å². The molecule has 0 aliphatic carbocycles. The summed E-state index contributed by atoms with van der Waals surface area (Å²) in [5, 5.41) is 3.20. The quantitative estimate of drug-likeness (QED) is 0.277. The Morgan fingerprint density at radius 2 is 1.60 bits per heavy atom. The number of halogens is 3. The van der Waals surface area contributed by atoms with Crippen LogP contribution in [0.3, 0.4) is 0 Å². The van der Waals surface area contributed by atoms with Gasteiger partial charge < -0.3 is 10.2 Å². The Labute approximate surface area is 244 Å². The number of carbonyl (C=O) groups is 2. The molecule has 3 aromatic carbocycles. The number of benzene rings is 3. The van der Waals surface area contributed by atoms with Gasteiger partial charge in [-0.3, -0.25) is 13.9 Å². The second-order valence-corrected chi connectivity index (χ2v) is 12.3. The van der Waals surface area contributed by atoms with Crippen LogP contribution in [-0.4, -0.2) is 44.3 Å². The summed E-state index contributed by atoms with van der Waals surface area (Å²) in [5.74, 6) is -1.24. The molecule has 7 nitrogen and oxygen atoms in total. The maximum atomic E-state index is 14.0. The van der Waals surface area contributed by atoms with Crippen molar-refractivity contribution in [3.05, 3.63) is 94.2 Å². The van der Waals surface area contributed by atoms with Crippen molar-refractivity contribution < 1.29 is 22.4 Å². The van der Waals surface area contributed by atoms with E-state index in [9.17, 15) is 22.4 Å². The Kier molecular flexibility index (Phi) is 11.0. The highest BCUT2D eigenvalue weighted by Crippen LogP contribution is 2.31. The Morgan fingerprint density at radius 1 is 0.950 bits per heavy atom. The second kappa shape index (κ2) is 14.0. The third kappa shape index (κ3) is 7.96. The SMILES string of the molecule is CC[C@@H](C(=O)NCC(C)C)N(Cc1ccc(F)cc1)C(=O)CN(c1ccc(Cl)c(Cl)c1)S(=O)(=O)c1ccccc1. The number of anilines is 1. The third-order valence-corrected chi connectivity index (χ3v) is 8.66. The molecule has 3 rings (SSSR count). The maximum Gasteiger partial charge on any atom is 0.264 e. The predicted molar refractivity (Wildman–Crippen MR) is 156 cm³/mol. The Morgan fingerprint density at radius 3 is 2.17 bits per heavy atom. The summed E-state index contributed by atoms with van der Waals surface area (Å²) in [6.07, 6.45) is 0.273. The van der Waals surface area contributed by atoms with Crippen molar-refractivity contribution in [2.45, 2.75) is 44.7 Å². The molecular formula is C29H32Cl2FN3O4S. The van der Waals surface area contributed by atoms with E-state index in [1.165, 1.54) is 59.5 Å². The summed E-state index contributed by atoms with van der Waals surface area (Å²) < 4.78 is 42.1. The molecule has 3 aromatic rings. The zero-order valence-electron chi connectivity index (χ0n) is 22.5. The zero-order valence-corrected chi connectivity index (χ0v) is 24.8. The first-order valence-electron chi connectivity index (χ1n) is 12.8. The topological polar surface area (TPSA) is 86.8 Å². The smallest absolute Gasteiger partial charge is 0.264 e. The number of hydrogen-bond donors (Lipinski definition) is 1. The lowest BCUT2D eigenvalue weighted by Gasteiger charge is -2.33. The molecule has 0 aliphatic heterocycles. The minimum atomic E-state index is -4.23. The Bertz CT molecular complexity index is 1420. The Balaban J connectivity index is 2.05. The van der Waals surface area contributed by atoms with Crippen LogP contribution in [0, 0.1) is 11.7 Å². The molecule has 0 heterocycles. The molecule has 214 valence electrons. The summed E-state index contributed by atoms with van der Waals surface area (Å²) in [6, 6.07) is 16.6. The number of carbonyl (C=O) groups excluding carboxylic acids is 2. The molecule has 40 heavy (non-hydrogen) atoms. The van der Waals surface area contributed by atoms with Gasteiger partial charge in [0, 0.05) is 13.1 Å². The van der Waals surface area contributed by atoms with E-state index in [-0.39, 0.29) is 45.4 Å². The van der Waals surface area contributed by atoms with Gasteiger partial charge in [-0.15, -0.1) is 0 Å². The van der Waals surface area contributed by atoms with Crippen LogP contribution in [-0.2, 0) is 26.2 Å². The van der Waals surface area contributed by atoms with Crippen LogP contribution in [0.4, 0.5) is 10.1 Å². The summed E-state index contributed by atoms with van der Waals surface area (Å²) in [5.41, 5.74) is 0.711. The van der Waals surface area contributed by atoms with Gasteiger partial charge >= 0.3 is 0 Å². The molecule has 0 saturated heterocycles. The number of rotatable bonds is 12. The molecule has 0 bridgehead atoms. The summed E-state index contributed by atoms with van der Waals surface area (Å²) in [7, 11) is -4.23. The van der Waals surface area contributed by atoms with Gasteiger partial charge in [-0.05, 0) is 60.4 Å². The monoisotopic (exact) mass is 607 g/mol. The van der Waals surface area contributed by atoms with E-state index >= 15 is 0 Å². The van der Waals surface area contributed by atoms with Crippen LogP contribution in [0.1, 0.15) is 32.8 Å². The fourth-order valence-corrected chi connectivity index (χ4v) is 5.74. The number of hydrogen-bond acceptors (Lipinski definition) is 4. The molecule has 1 N–H and O–H groups in total. The zero-order chi connectivity index (χ0) is 29.4. The number of nitrogens with zero attached hydrogens (tertiary/aromatic N) is 2. The van der Waals surface area contributed by atoms with Gasteiger partial charge in [-0.1, -0.05) is 74.3 Å². The minimum Gasteiger partial charge on any atom is -0.354 e. The van der Waals surface area contributed by atoms with Crippen molar-refractivity contribution in [3.8, 4) is 0 Å². The standard InChI is InChI=1S/C29H32Cl2FN3O4S/c1-4-27(29(37)33-17-20(2)3)34(18-21-10-12-22(32)13-11-21)28(36)19-35(23-14-15-25(30)26(31)16-23)40(38,39)24-8-6-5-7-9-24/h5-16,20,27H,4,17-19H2,1-3H3,(H,33,37)/t27-/m0/s1. The number of amides is 2. The van der Waals surface area contributed by atoms with Crippen LogP contribution in [0.5, 0.6) is 0 Å². The second-order valence-electron chi connectivity index (χ2n) is 9.63. The highest BCUT2D eigenvalue weighted by molar-refractivity contribution is 7.92. The van der Waals surface area contributed by atoms with Crippen molar-refractivity contribution in [1.29, 1.82) is 0 Å². The van der Waals surface area contributed by atoms with Crippen molar-refractivity contribution in [3.63, 3.8) is 0 Å². The molecule has 0 aliphatic rings. The van der Waals surface area contributed by atoms with Crippen molar-refractivity contribution in [2.24, 2.45) is 5.92 Å². The molecule has 2 amide bonds. The van der Waals surface area contributed by atoms with Crippen molar-refractivity contribution in [2.75, 3.05) is 17.4 Å².